The normalized spacial score (nSPS) is 12.6. The lowest BCUT2D eigenvalue weighted by atomic mass is 10.5. The fourth-order valence-corrected chi connectivity index (χ4v) is 2.26. The Hall–Kier alpha value is 0.110. The van der Waals surface area contributed by atoms with Crippen LogP contribution in [-0.4, -0.2) is 22.5 Å². The van der Waals surface area contributed by atoms with Crippen molar-refractivity contribution in [2.45, 2.75) is 38.2 Å². The molecular formula is C10H18OS2. The van der Waals surface area contributed by atoms with E-state index in [0.29, 0.717) is 10.5 Å². The maximum Gasteiger partial charge on any atom is 0.156 e. The van der Waals surface area contributed by atoms with Gasteiger partial charge < -0.3 is 0 Å². The van der Waals surface area contributed by atoms with Crippen LogP contribution in [-0.2, 0) is 4.79 Å². The Kier molecular flexibility index (Phi) is 7.57. The van der Waals surface area contributed by atoms with Gasteiger partial charge in [0.05, 0.1) is 0 Å². The first kappa shape index (κ1) is 13.1. The highest BCUT2D eigenvalue weighted by Gasteiger charge is 2.00. The van der Waals surface area contributed by atoms with Crippen LogP contribution in [0.3, 0.4) is 0 Å². The largest absolute Gasteiger partial charge is 0.297 e. The summed E-state index contributed by atoms with van der Waals surface area (Å²) in [4.78, 5) is 11.5. The molecule has 0 N–H and O–H groups in total. The van der Waals surface area contributed by atoms with Gasteiger partial charge in [-0.25, -0.2) is 0 Å². The molecule has 3 heteroatoms. The van der Waals surface area contributed by atoms with Crippen molar-refractivity contribution in [1.29, 1.82) is 0 Å². The molecule has 0 aliphatic rings. The maximum absolute atomic E-state index is 10.6. The van der Waals surface area contributed by atoms with Gasteiger partial charge in [0.2, 0.25) is 0 Å². The van der Waals surface area contributed by atoms with Crippen molar-refractivity contribution in [1.82, 2.24) is 0 Å². The predicted molar refractivity (Wildman–Crippen MR) is 64.5 cm³/mol. The van der Waals surface area contributed by atoms with Gasteiger partial charge in [-0.05, 0) is 5.25 Å². The van der Waals surface area contributed by atoms with E-state index in [1.165, 1.54) is 0 Å². The Morgan fingerprint density at radius 2 is 1.85 bits per heavy atom. The summed E-state index contributed by atoms with van der Waals surface area (Å²) in [5.74, 6) is 0.936. The van der Waals surface area contributed by atoms with Crippen molar-refractivity contribution in [2.24, 2.45) is 0 Å². The Morgan fingerprint density at radius 1 is 1.23 bits per heavy atom. The van der Waals surface area contributed by atoms with Crippen molar-refractivity contribution in [3.8, 4) is 0 Å². The summed E-state index contributed by atoms with van der Waals surface area (Å²) in [6.45, 7) is 8.51. The van der Waals surface area contributed by atoms with Crippen molar-refractivity contribution < 1.29 is 4.79 Å². The SMILES string of the molecule is CC(C)SCC=C(C=O)SC(C)C. The van der Waals surface area contributed by atoms with Crippen LogP contribution in [0.15, 0.2) is 11.0 Å². The molecule has 0 heterocycles. The molecule has 0 bridgehead atoms. The minimum Gasteiger partial charge on any atom is -0.297 e. The molecule has 0 saturated carbocycles. The first-order chi connectivity index (χ1) is 6.06. The predicted octanol–water partition coefficient (Wildman–Crippen LogP) is 3.35. The van der Waals surface area contributed by atoms with E-state index in [1.807, 2.05) is 17.8 Å². The van der Waals surface area contributed by atoms with Crippen LogP contribution < -0.4 is 0 Å². The molecule has 0 atom stereocenters. The van der Waals surface area contributed by atoms with E-state index in [4.69, 9.17) is 0 Å². The molecule has 0 radical (unpaired) electrons. The smallest absolute Gasteiger partial charge is 0.156 e. The molecule has 0 amide bonds. The van der Waals surface area contributed by atoms with Crippen LogP contribution in [0.4, 0.5) is 0 Å². The monoisotopic (exact) mass is 218 g/mol. The van der Waals surface area contributed by atoms with Gasteiger partial charge in [0.1, 0.15) is 0 Å². The molecule has 0 aromatic rings. The minimum atomic E-state index is 0.487. The highest BCUT2D eigenvalue weighted by Crippen LogP contribution is 2.20. The molecule has 0 rings (SSSR count). The summed E-state index contributed by atoms with van der Waals surface area (Å²) in [6, 6.07) is 0. The number of hydrogen-bond donors (Lipinski definition) is 0. The summed E-state index contributed by atoms with van der Waals surface area (Å²) >= 11 is 3.48. The summed E-state index contributed by atoms with van der Waals surface area (Å²) in [6.07, 6.45) is 2.97. The number of aldehydes is 1. The molecule has 13 heavy (non-hydrogen) atoms. The van der Waals surface area contributed by atoms with Gasteiger partial charge in [-0.15, -0.1) is 11.8 Å². The lowest BCUT2D eigenvalue weighted by Gasteiger charge is -2.04. The Labute approximate surface area is 89.7 Å². The third-order valence-corrected chi connectivity index (χ3v) is 3.23. The maximum atomic E-state index is 10.6. The fourth-order valence-electron chi connectivity index (χ4n) is 0.719. The van der Waals surface area contributed by atoms with E-state index >= 15 is 0 Å². The van der Waals surface area contributed by atoms with Crippen LogP contribution >= 0.6 is 23.5 Å². The summed E-state index contributed by atoms with van der Waals surface area (Å²) in [5, 5.41) is 1.12. The van der Waals surface area contributed by atoms with Crippen LogP contribution in [0.5, 0.6) is 0 Å². The van der Waals surface area contributed by atoms with E-state index in [2.05, 4.69) is 27.7 Å². The van der Waals surface area contributed by atoms with Gasteiger partial charge in [0, 0.05) is 15.9 Å². The van der Waals surface area contributed by atoms with Crippen molar-refractivity contribution in [2.75, 3.05) is 5.75 Å². The van der Waals surface area contributed by atoms with Gasteiger partial charge in [-0.1, -0.05) is 33.8 Å². The number of carbonyl (C=O) groups is 1. The van der Waals surface area contributed by atoms with Gasteiger partial charge in [0.25, 0.3) is 0 Å². The standard InChI is InChI=1S/C10H18OS2/c1-8(2)12-6-5-10(7-11)13-9(3)4/h5,7-9H,6H2,1-4H3. The number of hydrogen-bond acceptors (Lipinski definition) is 3. The Morgan fingerprint density at radius 3 is 2.23 bits per heavy atom. The molecule has 0 saturated heterocycles. The third-order valence-electron chi connectivity index (χ3n) is 1.20. The molecular weight excluding hydrogens is 200 g/mol. The van der Waals surface area contributed by atoms with Gasteiger partial charge in [-0.2, -0.15) is 11.8 Å². The second-order valence-electron chi connectivity index (χ2n) is 3.27. The summed E-state index contributed by atoms with van der Waals surface area (Å²) < 4.78 is 0. The Balaban J connectivity index is 3.85. The molecule has 0 spiro atoms. The van der Waals surface area contributed by atoms with E-state index in [0.717, 1.165) is 16.9 Å². The van der Waals surface area contributed by atoms with Crippen LogP contribution in [0, 0.1) is 0 Å². The van der Waals surface area contributed by atoms with Crippen molar-refractivity contribution in [3.63, 3.8) is 0 Å². The molecule has 0 unspecified atom stereocenters. The zero-order valence-corrected chi connectivity index (χ0v) is 10.4. The highest BCUT2D eigenvalue weighted by atomic mass is 32.2. The minimum absolute atomic E-state index is 0.487. The molecule has 76 valence electrons. The first-order valence-corrected chi connectivity index (χ1v) is 6.42. The third kappa shape index (κ3) is 8.44. The summed E-state index contributed by atoms with van der Waals surface area (Å²) in [5.41, 5.74) is 0. The second kappa shape index (κ2) is 7.51. The lowest BCUT2D eigenvalue weighted by Crippen LogP contribution is -1.92. The highest BCUT2D eigenvalue weighted by molar-refractivity contribution is 8.04. The quantitative estimate of drug-likeness (QED) is 0.503. The molecule has 1 nitrogen and oxygen atoms in total. The van der Waals surface area contributed by atoms with E-state index in [9.17, 15) is 4.79 Å². The van der Waals surface area contributed by atoms with Crippen molar-refractivity contribution >= 4 is 29.8 Å². The van der Waals surface area contributed by atoms with Gasteiger partial charge in [-0.3, -0.25) is 4.79 Å². The molecule has 0 aliphatic carbocycles. The zero-order chi connectivity index (χ0) is 10.3. The van der Waals surface area contributed by atoms with Crippen LogP contribution in [0.2, 0.25) is 0 Å². The number of rotatable bonds is 6. The molecule has 0 aromatic heterocycles. The number of thioether (sulfide) groups is 2. The number of allylic oxidation sites excluding steroid dienone is 1. The zero-order valence-electron chi connectivity index (χ0n) is 8.74. The average Bonchev–Trinajstić information content (AvgIpc) is 2.01. The second-order valence-corrected chi connectivity index (χ2v) is 6.53. The molecule has 0 aliphatic heterocycles. The topological polar surface area (TPSA) is 17.1 Å². The molecule has 0 aromatic carbocycles. The van der Waals surface area contributed by atoms with Crippen LogP contribution in [0.25, 0.3) is 0 Å². The van der Waals surface area contributed by atoms with Crippen LogP contribution in [0.1, 0.15) is 27.7 Å². The first-order valence-electron chi connectivity index (χ1n) is 4.49. The summed E-state index contributed by atoms with van der Waals surface area (Å²) in [7, 11) is 0. The fraction of sp³-hybridized carbons (Fsp3) is 0.700. The van der Waals surface area contributed by atoms with E-state index in [-0.39, 0.29) is 0 Å². The van der Waals surface area contributed by atoms with Crippen molar-refractivity contribution in [3.05, 3.63) is 11.0 Å². The number of carbonyl (C=O) groups excluding carboxylic acids is 1. The van der Waals surface area contributed by atoms with Gasteiger partial charge in [0.15, 0.2) is 6.29 Å². The lowest BCUT2D eigenvalue weighted by molar-refractivity contribution is -0.104. The van der Waals surface area contributed by atoms with E-state index < -0.39 is 0 Å². The van der Waals surface area contributed by atoms with Gasteiger partial charge >= 0.3 is 0 Å². The average molecular weight is 218 g/mol. The van der Waals surface area contributed by atoms with E-state index in [1.54, 1.807) is 11.8 Å². The Bertz CT molecular complexity index is 174. The molecule has 0 fully saturated rings.